The van der Waals surface area contributed by atoms with Gasteiger partial charge >= 0.3 is 0 Å². The molecule has 5 nitrogen and oxygen atoms in total. The smallest absolute Gasteiger partial charge is 0.249 e. The molecule has 108 valence electrons. The number of amides is 2. The Morgan fingerprint density at radius 3 is 2.70 bits per heavy atom. The van der Waals surface area contributed by atoms with Gasteiger partial charge in [0.05, 0.1) is 30.2 Å². The zero-order valence-electron chi connectivity index (χ0n) is 11.7. The predicted molar refractivity (Wildman–Crippen MR) is 78.3 cm³/mol. The molecule has 1 saturated heterocycles. The molecule has 0 spiro atoms. The number of carbonyl (C=O) groups excluding carboxylic acids is 2. The summed E-state index contributed by atoms with van der Waals surface area (Å²) in [5.74, 6) is 0.300. The van der Waals surface area contributed by atoms with Crippen LogP contribution in [0.3, 0.4) is 0 Å². The second-order valence-corrected chi connectivity index (χ2v) is 6.09. The molecule has 2 rings (SSSR count). The van der Waals surface area contributed by atoms with Crippen molar-refractivity contribution < 1.29 is 14.3 Å². The summed E-state index contributed by atoms with van der Waals surface area (Å²) in [6.07, 6.45) is 0. The Bertz CT molecular complexity index is 557. The van der Waals surface area contributed by atoms with E-state index in [1.807, 2.05) is 18.2 Å². The van der Waals surface area contributed by atoms with Crippen LogP contribution in [0, 0.1) is 0 Å². The Labute approximate surface area is 126 Å². The number of halogens is 1. The van der Waals surface area contributed by atoms with Crippen molar-refractivity contribution in [3.8, 4) is 5.75 Å². The molecule has 0 aliphatic carbocycles. The first-order chi connectivity index (χ1) is 9.35. The number of ether oxygens (including phenoxy) is 1. The first-order valence-electron chi connectivity index (χ1n) is 6.27. The summed E-state index contributed by atoms with van der Waals surface area (Å²) >= 11 is 3.40. The number of nitrogens with zero attached hydrogens (tertiary/aromatic N) is 1. The minimum Gasteiger partial charge on any atom is -0.496 e. The van der Waals surface area contributed by atoms with Gasteiger partial charge < -0.3 is 4.74 Å². The quantitative estimate of drug-likeness (QED) is 0.851. The number of carbonyl (C=O) groups is 2. The molecule has 1 N–H and O–H groups in total. The first kappa shape index (κ1) is 15.0. The van der Waals surface area contributed by atoms with Crippen LogP contribution in [0.2, 0.25) is 0 Å². The van der Waals surface area contributed by atoms with Crippen LogP contribution >= 0.6 is 15.9 Å². The van der Waals surface area contributed by atoms with Crippen LogP contribution in [0.4, 0.5) is 0 Å². The highest BCUT2D eigenvalue weighted by atomic mass is 79.9. The number of hydrogen-bond acceptors (Lipinski definition) is 4. The van der Waals surface area contributed by atoms with Crippen LogP contribution in [0.5, 0.6) is 5.75 Å². The Hall–Kier alpha value is -1.40. The van der Waals surface area contributed by atoms with Crippen LogP contribution < -0.4 is 10.1 Å². The fourth-order valence-electron chi connectivity index (χ4n) is 2.07. The van der Waals surface area contributed by atoms with Gasteiger partial charge in [-0.05, 0) is 47.5 Å². The van der Waals surface area contributed by atoms with Gasteiger partial charge in [-0.2, -0.15) is 0 Å². The summed E-state index contributed by atoms with van der Waals surface area (Å²) in [6.45, 7) is 4.00. The van der Waals surface area contributed by atoms with E-state index in [0.717, 1.165) is 10.0 Å². The molecule has 6 heteroatoms. The normalized spacial score (nSPS) is 18.3. The average Bonchev–Trinajstić information content (AvgIpc) is 2.40. The molecular formula is C14H17BrN2O3. The molecule has 0 radical (unpaired) electrons. The molecule has 0 atom stereocenters. The third-order valence-electron chi connectivity index (χ3n) is 3.32. The minimum absolute atomic E-state index is 0.177. The van der Waals surface area contributed by atoms with Gasteiger partial charge in [0.2, 0.25) is 11.8 Å². The summed E-state index contributed by atoms with van der Waals surface area (Å²) in [7, 11) is 1.59. The predicted octanol–water partition coefficient (Wildman–Crippen LogP) is 1.69. The molecule has 0 aromatic heterocycles. The Morgan fingerprint density at radius 1 is 1.40 bits per heavy atom. The maximum Gasteiger partial charge on any atom is 0.249 e. The average molecular weight is 341 g/mol. The minimum atomic E-state index is -0.711. The monoisotopic (exact) mass is 340 g/mol. The Kier molecular flexibility index (Phi) is 4.15. The van der Waals surface area contributed by atoms with E-state index < -0.39 is 5.54 Å². The van der Waals surface area contributed by atoms with E-state index in [1.165, 1.54) is 4.90 Å². The van der Waals surface area contributed by atoms with Gasteiger partial charge in [0.1, 0.15) is 5.75 Å². The highest BCUT2D eigenvalue weighted by Gasteiger charge is 2.39. The fraction of sp³-hybridized carbons (Fsp3) is 0.429. The number of imide groups is 1. The third-order valence-corrected chi connectivity index (χ3v) is 3.94. The lowest BCUT2D eigenvalue weighted by molar-refractivity contribution is -0.153. The summed E-state index contributed by atoms with van der Waals surface area (Å²) < 4.78 is 5.96. The molecule has 1 aromatic carbocycles. The maximum atomic E-state index is 12.3. The van der Waals surface area contributed by atoms with Crippen molar-refractivity contribution in [1.29, 1.82) is 0 Å². The molecule has 1 aliphatic heterocycles. The van der Waals surface area contributed by atoms with Gasteiger partial charge in [-0.1, -0.05) is 6.07 Å². The van der Waals surface area contributed by atoms with Crippen LogP contribution in [0.1, 0.15) is 19.4 Å². The molecular weight excluding hydrogens is 324 g/mol. The molecule has 2 amide bonds. The van der Waals surface area contributed by atoms with Crippen molar-refractivity contribution in [2.24, 2.45) is 0 Å². The number of hydrogen-bond donors (Lipinski definition) is 1. The van der Waals surface area contributed by atoms with Crippen LogP contribution in [0.25, 0.3) is 0 Å². The van der Waals surface area contributed by atoms with E-state index in [-0.39, 0.29) is 24.9 Å². The van der Waals surface area contributed by atoms with Crippen molar-refractivity contribution in [3.63, 3.8) is 0 Å². The largest absolute Gasteiger partial charge is 0.496 e. The first-order valence-corrected chi connectivity index (χ1v) is 7.06. The second-order valence-electron chi connectivity index (χ2n) is 5.23. The van der Waals surface area contributed by atoms with E-state index in [1.54, 1.807) is 21.0 Å². The van der Waals surface area contributed by atoms with Gasteiger partial charge in [-0.25, -0.2) is 0 Å². The molecule has 20 heavy (non-hydrogen) atoms. The fourth-order valence-corrected chi connectivity index (χ4v) is 2.66. The van der Waals surface area contributed by atoms with Gasteiger partial charge in [0, 0.05) is 0 Å². The van der Waals surface area contributed by atoms with Crippen LogP contribution in [-0.2, 0) is 16.1 Å². The molecule has 0 saturated carbocycles. The van der Waals surface area contributed by atoms with E-state index >= 15 is 0 Å². The third kappa shape index (κ3) is 2.86. The van der Waals surface area contributed by atoms with Crippen molar-refractivity contribution in [1.82, 2.24) is 10.2 Å². The standard InChI is InChI=1S/C14H17BrN2O3/c1-14(2)13(19)17(12(18)7-16-14)8-9-4-5-11(20-3)10(15)6-9/h4-6,16H,7-8H2,1-3H3. The zero-order valence-corrected chi connectivity index (χ0v) is 13.3. The lowest BCUT2D eigenvalue weighted by atomic mass is 10.00. The summed E-state index contributed by atoms with van der Waals surface area (Å²) in [6, 6.07) is 5.51. The maximum absolute atomic E-state index is 12.3. The summed E-state index contributed by atoms with van der Waals surface area (Å²) in [5.41, 5.74) is 0.162. The van der Waals surface area contributed by atoms with Crippen molar-refractivity contribution in [2.45, 2.75) is 25.9 Å². The lowest BCUT2D eigenvalue weighted by Gasteiger charge is -2.36. The number of rotatable bonds is 3. The van der Waals surface area contributed by atoms with Gasteiger partial charge in [-0.15, -0.1) is 0 Å². The SMILES string of the molecule is COc1ccc(CN2C(=O)CNC(C)(C)C2=O)cc1Br. The summed E-state index contributed by atoms with van der Waals surface area (Å²) in [5, 5.41) is 2.93. The Balaban J connectivity index is 2.22. The highest BCUT2D eigenvalue weighted by Crippen LogP contribution is 2.26. The van der Waals surface area contributed by atoms with E-state index in [9.17, 15) is 9.59 Å². The number of benzene rings is 1. The number of piperazine rings is 1. The number of nitrogens with one attached hydrogen (secondary N) is 1. The van der Waals surface area contributed by atoms with Crippen molar-refractivity contribution in [3.05, 3.63) is 28.2 Å². The molecule has 0 bridgehead atoms. The molecule has 1 aliphatic rings. The Morgan fingerprint density at radius 2 is 2.10 bits per heavy atom. The second kappa shape index (κ2) is 5.54. The topological polar surface area (TPSA) is 58.6 Å². The summed E-state index contributed by atoms with van der Waals surface area (Å²) in [4.78, 5) is 25.5. The van der Waals surface area contributed by atoms with Crippen LogP contribution in [0.15, 0.2) is 22.7 Å². The van der Waals surface area contributed by atoms with E-state index in [0.29, 0.717) is 5.75 Å². The van der Waals surface area contributed by atoms with Crippen molar-refractivity contribution in [2.75, 3.05) is 13.7 Å². The van der Waals surface area contributed by atoms with E-state index in [2.05, 4.69) is 21.2 Å². The lowest BCUT2D eigenvalue weighted by Crippen LogP contribution is -2.63. The number of methoxy groups -OCH3 is 1. The zero-order chi connectivity index (χ0) is 14.9. The van der Waals surface area contributed by atoms with Crippen molar-refractivity contribution >= 4 is 27.7 Å². The molecule has 1 fully saturated rings. The van der Waals surface area contributed by atoms with Gasteiger partial charge in [0.15, 0.2) is 0 Å². The van der Waals surface area contributed by atoms with Gasteiger partial charge in [0.25, 0.3) is 0 Å². The van der Waals surface area contributed by atoms with Gasteiger partial charge in [-0.3, -0.25) is 19.8 Å². The highest BCUT2D eigenvalue weighted by molar-refractivity contribution is 9.10. The molecule has 0 unspecified atom stereocenters. The molecule has 1 aromatic rings. The van der Waals surface area contributed by atoms with E-state index in [4.69, 9.17) is 4.74 Å². The molecule has 1 heterocycles. The van der Waals surface area contributed by atoms with Crippen LogP contribution in [-0.4, -0.2) is 35.9 Å².